The van der Waals surface area contributed by atoms with Gasteiger partial charge in [0, 0.05) is 22.7 Å². The van der Waals surface area contributed by atoms with Crippen LogP contribution in [-0.4, -0.2) is 18.7 Å². The van der Waals surface area contributed by atoms with Gasteiger partial charge in [-0.1, -0.05) is 29.8 Å². The maximum Gasteiger partial charge on any atom is 0.0964 e. The third-order valence-corrected chi connectivity index (χ3v) is 3.01. The van der Waals surface area contributed by atoms with Crippen LogP contribution in [-0.2, 0) is 4.74 Å². The van der Waals surface area contributed by atoms with E-state index in [9.17, 15) is 0 Å². The molecule has 1 fully saturated rings. The van der Waals surface area contributed by atoms with Crippen LogP contribution in [0.25, 0.3) is 0 Å². The number of hydrogen-bond donors (Lipinski definition) is 1. The molecule has 1 saturated heterocycles. The number of morpholine rings is 1. The summed E-state index contributed by atoms with van der Waals surface area (Å²) in [6.45, 7) is 5.80. The minimum atomic E-state index is 0.0672. The molecule has 0 unspecified atom stereocenters. The van der Waals surface area contributed by atoms with Gasteiger partial charge < -0.3 is 10.1 Å². The van der Waals surface area contributed by atoms with E-state index in [0.29, 0.717) is 6.61 Å². The fraction of sp³-hybridized carbons (Fsp3) is 0.500. The molecule has 0 radical (unpaired) electrons. The van der Waals surface area contributed by atoms with Crippen LogP contribution in [0, 0.1) is 0 Å². The van der Waals surface area contributed by atoms with Crippen LogP contribution < -0.4 is 5.32 Å². The van der Waals surface area contributed by atoms with Gasteiger partial charge in [0.05, 0.1) is 12.7 Å². The standard InChI is InChI=1S/C12H16ClNO/c1-12(2)8-15-11(7-14-12)9-5-3-4-6-10(9)13/h3-6,11,14H,7-8H2,1-2H3/t11-/m0/s1. The molecule has 0 bridgehead atoms. The van der Waals surface area contributed by atoms with Crippen LogP contribution in [0.1, 0.15) is 25.5 Å². The summed E-state index contributed by atoms with van der Waals surface area (Å²) in [7, 11) is 0. The van der Waals surface area contributed by atoms with E-state index in [0.717, 1.165) is 17.1 Å². The van der Waals surface area contributed by atoms with E-state index in [2.05, 4.69) is 19.2 Å². The van der Waals surface area contributed by atoms with Gasteiger partial charge in [-0.2, -0.15) is 0 Å². The molecule has 0 aliphatic carbocycles. The van der Waals surface area contributed by atoms with Gasteiger partial charge in [0.1, 0.15) is 0 Å². The van der Waals surface area contributed by atoms with Crippen molar-refractivity contribution < 1.29 is 4.74 Å². The number of nitrogens with one attached hydrogen (secondary N) is 1. The minimum Gasteiger partial charge on any atom is -0.370 e. The fourth-order valence-electron chi connectivity index (χ4n) is 1.72. The Balaban J connectivity index is 2.11. The molecule has 0 amide bonds. The zero-order valence-corrected chi connectivity index (χ0v) is 9.84. The monoisotopic (exact) mass is 225 g/mol. The van der Waals surface area contributed by atoms with Gasteiger partial charge in [-0.15, -0.1) is 0 Å². The Kier molecular flexibility index (Phi) is 3.01. The van der Waals surface area contributed by atoms with Crippen molar-refractivity contribution >= 4 is 11.6 Å². The van der Waals surface area contributed by atoms with Gasteiger partial charge in [-0.05, 0) is 19.9 Å². The highest BCUT2D eigenvalue weighted by molar-refractivity contribution is 6.31. The number of hydrogen-bond acceptors (Lipinski definition) is 2. The summed E-state index contributed by atoms with van der Waals surface area (Å²) in [5.74, 6) is 0. The van der Waals surface area contributed by atoms with E-state index in [1.54, 1.807) is 0 Å². The fourth-order valence-corrected chi connectivity index (χ4v) is 1.98. The van der Waals surface area contributed by atoms with Gasteiger partial charge in [-0.25, -0.2) is 0 Å². The van der Waals surface area contributed by atoms with Gasteiger partial charge in [0.25, 0.3) is 0 Å². The number of benzene rings is 1. The van der Waals surface area contributed by atoms with Gasteiger partial charge in [0.2, 0.25) is 0 Å². The first kappa shape index (κ1) is 10.9. The lowest BCUT2D eigenvalue weighted by Gasteiger charge is -2.36. The molecule has 2 nitrogen and oxygen atoms in total. The van der Waals surface area contributed by atoms with Crippen molar-refractivity contribution in [1.29, 1.82) is 0 Å². The zero-order valence-electron chi connectivity index (χ0n) is 9.09. The maximum absolute atomic E-state index is 6.12. The van der Waals surface area contributed by atoms with Crippen LogP contribution in [0.15, 0.2) is 24.3 Å². The molecule has 1 heterocycles. The van der Waals surface area contributed by atoms with E-state index in [1.165, 1.54) is 0 Å². The van der Waals surface area contributed by atoms with Crippen molar-refractivity contribution in [3.05, 3.63) is 34.9 Å². The number of halogens is 1. The molecule has 3 heteroatoms. The smallest absolute Gasteiger partial charge is 0.0964 e. The van der Waals surface area contributed by atoms with E-state index in [1.807, 2.05) is 24.3 Å². The first-order chi connectivity index (χ1) is 7.08. The Morgan fingerprint density at radius 1 is 1.40 bits per heavy atom. The SMILES string of the molecule is CC1(C)CO[C@H](c2ccccc2Cl)CN1. The predicted molar refractivity (Wildman–Crippen MR) is 62.2 cm³/mol. The minimum absolute atomic E-state index is 0.0672. The van der Waals surface area contributed by atoms with Crippen LogP contribution in [0.5, 0.6) is 0 Å². The highest BCUT2D eigenvalue weighted by Crippen LogP contribution is 2.28. The van der Waals surface area contributed by atoms with Crippen molar-refractivity contribution in [3.8, 4) is 0 Å². The lowest BCUT2D eigenvalue weighted by molar-refractivity contribution is -0.0228. The molecule has 82 valence electrons. The van der Waals surface area contributed by atoms with Crippen molar-refractivity contribution in [2.45, 2.75) is 25.5 Å². The average molecular weight is 226 g/mol. The molecular formula is C12H16ClNO. The molecule has 1 aliphatic heterocycles. The van der Waals surface area contributed by atoms with E-state index < -0.39 is 0 Å². The lowest BCUT2D eigenvalue weighted by atomic mass is 10.0. The Morgan fingerprint density at radius 3 is 2.73 bits per heavy atom. The van der Waals surface area contributed by atoms with Crippen LogP contribution >= 0.6 is 11.6 Å². The molecule has 1 aliphatic rings. The summed E-state index contributed by atoms with van der Waals surface area (Å²) in [5, 5.41) is 4.23. The molecular weight excluding hydrogens is 210 g/mol. The van der Waals surface area contributed by atoms with Crippen molar-refractivity contribution in [3.63, 3.8) is 0 Å². The van der Waals surface area contributed by atoms with E-state index >= 15 is 0 Å². The van der Waals surface area contributed by atoms with Crippen LogP contribution in [0.4, 0.5) is 0 Å². The summed E-state index contributed by atoms with van der Waals surface area (Å²) < 4.78 is 5.81. The molecule has 2 rings (SSSR count). The second-order valence-electron chi connectivity index (χ2n) is 4.59. The van der Waals surface area contributed by atoms with E-state index in [-0.39, 0.29) is 11.6 Å². The molecule has 1 atom stereocenters. The van der Waals surface area contributed by atoms with Gasteiger partial charge in [0.15, 0.2) is 0 Å². The Labute approximate surface area is 95.6 Å². The van der Waals surface area contributed by atoms with Crippen molar-refractivity contribution in [1.82, 2.24) is 5.32 Å². The van der Waals surface area contributed by atoms with Crippen LogP contribution in [0.3, 0.4) is 0 Å². The second kappa shape index (κ2) is 4.12. The third kappa shape index (κ3) is 2.51. The summed E-state index contributed by atoms with van der Waals surface area (Å²) in [4.78, 5) is 0. The summed E-state index contributed by atoms with van der Waals surface area (Å²) in [6, 6.07) is 7.85. The summed E-state index contributed by atoms with van der Waals surface area (Å²) in [6.07, 6.45) is 0.0757. The third-order valence-electron chi connectivity index (χ3n) is 2.66. The second-order valence-corrected chi connectivity index (χ2v) is 4.99. The zero-order chi connectivity index (χ0) is 10.9. The molecule has 15 heavy (non-hydrogen) atoms. The maximum atomic E-state index is 6.12. The van der Waals surface area contributed by atoms with Gasteiger partial charge >= 0.3 is 0 Å². The quantitative estimate of drug-likeness (QED) is 0.794. The molecule has 1 aromatic rings. The topological polar surface area (TPSA) is 21.3 Å². The number of rotatable bonds is 1. The summed E-state index contributed by atoms with van der Waals surface area (Å²) in [5.41, 5.74) is 1.14. The highest BCUT2D eigenvalue weighted by atomic mass is 35.5. The van der Waals surface area contributed by atoms with E-state index in [4.69, 9.17) is 16.3 Å². The normalized spacial score (nSPS) is 25.1. The molecule has 0 aromatic heterocycles. The Morgan fingerprint density at radius 2 is 2.13 bits per heavy atom. The van der Waals surface area contributed by atoms with Crippen molar-refractivity contribution in [2.75, 3.05) is 13.2 Å². The molecule has 0 saturated carbocycles. The first-order valence-corrected chi connectivity index (χ1v) is 5.57. The Hall–Kier alpha value is -0.570. The predicted octanol–water partition coefficient (Wildman–Crippen LogP) is 2.78. The number of ether oxygens (including phenoxy) is 1. The molecule has 1 aromatic carbocycles. The highest BCUT2D eigenvalue weighted by Gasteiger charge is 2.28. The van der Waals surface area contributed by atoms with Crippen molar-refractivity contribution in [2.24, 2.45) is 0 Å². The molecule has 0 spiro atoms. The largest absolute Gasteiger partial charge is 0.370 e. The average Bonchev–Trinajstić information content (AvgIpc) is 2.19. The van der Waals surface area contributed by atoms with Gasteiger partial charge in [-0.3, -0.25) is 0 Å². The first-order valence-electron chi connectivity index (χ1n) is 5.19. The summed E-state index contributed by atoms with van der Waals surface area (Å²) >= 11 is 6.12. The Bertz CT molecular complexity index is 341. The molecule has 1 N–H and O–H groups in total. The van der Waals surface area contributed by atoms with Crippen LogP contribution in [0.2, 0.25) is 5.02 Å². The lowest BCUT2D eigenvalue weighted by Crippen LogP contribution is -2.50.